The second kappa shape index (κ2) is 5.80. The van der Waals surface area contributed by atoms with Gasteiger partial charge in [-0.3, -0.25) is 0 Å². The van der Waals surface area contributed by atoms with Crippen molar-refractivity contribution in [1.82, 2.24) is 5.32 Å². The van der Waals surface area contributed by atoms with Crippen molar-refractivity contribution in [1.29, 1.82) is 0 Å². The topological polar surface area (TPSA) is 12.0 Å². The van der Waals surface area contributed by atoms with Crippen LogP contribution in [0.15, 0.2) is 40.2 Å². The highest BCUT2D eigenvalue weighted by molar-refractivity contribution is 9.11. The number of hydrogen-bond acceptors (Lipinski definition) is 2. The minimum absolute atomic E-state index is 0.396. The summed E-state index contributed by atoms with van der Waals surface area (Å²) in [7, 11) is 0. The molecule has 1 aromatic carbocycles. The third kappa shape index (κ3) is 3.66. The molecule has 3 heteroatoms. The SMILES string of the molecule is Cc1ccc(CNC(C)c2ccc(Br)s2)cc1. The van der Waals surface area contributed by atoms with Crippen molar-refractivity contribution in [2.45, 2.75) is 26.4 Å². The molecule has 0 aliphatic carbocycles. The molecular weight excluding hydrogens is 294 g/mol. The molecule has 0 aliphatic heterocycles. The number of rotatable bonds is 4. The molecule has 0 aliphatic rings. The molecule has 1 unspecified atom stereocenters. The highest BCUT2D eigenvalue weighted by Gasteiger charge is 2.07. The summed E-state index contributed by atoms with van der Waals surface area (Å²) in [4.78, 5) is 1.36. The maximum atomic E-state index is 3.54. The number of aryl methyl sites for hydroxylation is 1. The first-order valence-corrected chi connectivity index (χ1v) is 7.30. The third-order valence-corrected chi connectivity index (χ3v) is 4.56. The lowest BCUT2D eigenvalue weighted by Crippen LogP contribution is -2.16. The van der Waals surface area contributed by atoms with Gasteiger partial charge < -0.3 is 5.32 Å². The Labute approximate surface area is 115 Å². The first-order chi connectivity index (χ1) is 8.15. The number of benzene rings is 1. The smallest absolute Gasteiger partial charge is 0.0701 e. The number of hydrogen-bond donors (Lipinski definition) is 1. The van der Waals surface area contributed by atoms with Gasteiger partial charge in [-0.15, -0.1) is 11.3 Å². The zero-order valence-corrected chi connectivity index (χ0v) is 12.4. The van der Waals surface area contributed by atoms with Crippen LogP contribution in [0.1, 0.15) is 29.0 Å². The largest absolute Gasteiger partial charge is 0.305 e. The van der Waals surface area contributed by atoms with Gasteiger partial charge in [-0.1, -0.05) is 29.8 Å². The van der Waals surface area contributed by atoms with Crippen LogP contribution < -0.4 is 5.32 Å². The van der Waals surface area contributed by atoms with Crippen LogP contribution >= 0.6 is 27.3 Å². The molecule has 17 heavy (non-hydrogen) atoms. The molecule has 1 N–H and O–H groups in total. The Morgan fingerprint density at radius 3 is 2.47 bits per heavy atom. The zero-order valence-electron chi connectivity index (χ0n) is 10.0. The Balaban J connectivity index is 1.92. The van der Waals surface area contributed by atoms with E-state index in [2.05, 4.69) is 71.5 Å². The van der Waals surface area contributed by atoms with Gasteiger partial charge in [0.25, 0.3) is 0 Å². The van der Waals surface area contributed by atoms with E-state index in [1.165, 1.54) is 19.8 Å². The first-order valence-electron chi connectivity index (χ1n) is 5.69. The molecule has 1 aromatic heterocycles. The first kappa shape index (κ1) is 12.8. The van der Waals surface area contributed by atoms with Crippen LogP contribution in [0.5, 0.6) is 0 Å². The maximum absolute atomic E-state index is 3.54. The summed E-state index contributed by atoms with van der Waals surface area (Å²) in [5.74, 6) is 0. The summed E-state index contributed by atoms with van der Waals surface area (Å²) in [6.07, 6.45) is 0. The quantitative estimate of drug-likeness (QED) is 0.865. The van der Waals surface area contributed by atoms with Crippen molar-refractivity contribution in [3.05, 3.63) is 56.2 Å². The van der Waals surface area contributed by atoms with Crippen LogP contribution in [-0.4, -0.2) is 0 Å². The lowest BCUT2D eigenvalue weighted by Gasteiger charge is -2.12. The number of thiophene rings is 1. The van der Waals surface area contributed by atoms with Crippen molar-refractivity contribution >= 4 is 27.3 Å². The van der Waals surface area contributed by atoms with Crippen molar-refractivity contribution in [3.8, 4) is 0 Å². The van der Waals surface area contributed by atoms with Gasteiger partial charge in [0.15, 0.2) is 0 Å². The molecule has 90 valence electrons. The molecule has 0 fully saturated rings. The molecular formula is C14H16BrNS. The van der Waals surface area contributed by atoms with E-state index < -0.39 is 0 Å². The predicted molar refractivity (Wildman–Crippen MR) is 78.5 cm³/mol. The summed E-state index contributed by atoms with van der Waals surface area (Å²) < 4.78 is 1.19. The predicted octanol–water partition coefficient (Wildman–Crippen LogP) is 4.67. The van der Waals surface area contributed by atoms with Gasteiger partial charge >= 0.3 is 0 Å². The van der Waals surface area contributed by atoms with E-state index in [9.17, 15) is 0 Å². The van der Waals surface area contributed by atoms with Gasteiger partial charge in [-0.25, -0.2) is 0 Å². The van der Waals surface area contributed by atoms with Crippen molar-refractivity contribution < 1.29 is 0 Å². The highest BCUT2D eigenvalue weighted by atomic mass is 79.9. The van der Waals surface area contributed by atoms with Crippen molar-refractivity contribution in [2.75, 3.05) is 0 Å². The van der Waals surface area contributed by atoms with Crippen LogP contribution in [-0.2, 0) is 6.54 Å². The molecule has 1 nitrogen and oxygen atoms in total. The van der Waals surface area contributed by atoms with E-state index in [-0.39, 0.29) is 0 Å². The van der Waals surface area contributed by atoms with Crippen LogP contribution in [0.25, 0.3) is 0 Å². The van der Waals surface area contributed by atoms with Gasteiger partial charge in [0.2, 0.25) is 0 Å². The molecule has 0 bridgehead atoms. The second-order valence-corrected chi connectivity index (χ2v) is 6.72. The van der Waals surface area contributed by atoms with E-state index >= 15 is 0 Å². The molecule has 1 heterocycles. The standard InChI is InChI=1S/C14H16BrNS/c1-10-3-5-12(6-4-10)9-16-11(2)13-7-8-14(15)17-13/h3-8,11,16H,9H2,1-2H3. The maximum Gasteiger partial charge on any atom is 0.0701 e. The molecule has 0 radical (unpaired) electrons. The van der Waals surface area contributed by atoms with Crippen LogP contribution in [0.4, 0.5) is 0 Å². The summed E-state index contributed by atoms with van der Waals surface area (Å²) >= 11 is 5.28. The zero-order chi connectivity index (χ0) is 12.3. The minimum atomic E-state index is 0.396. The average molecular weight is 310 g/mol. The Morgan fingerprint density at radius 1 is 1.18 bits per heavy atom. The molecule has 1 atom stereocenters. The lowest BCUT2D eigenvalue weighted by molar-refractivity contribution is 0.583. The van der Waals surface area contributed by atoms with Gasteiger partial charge in [-0.05, 0) is 47.5 Å². The van der Waals surface area contributed by atoms with Gasteiger partial charge in [0.05, 0.1) is 3.79 Å². The van der Waals surface area contributed by atoms with Gasteiger partial charge in [0.1, 0.15) is 0 Å². The highest BCUT2D eigenvalue weighted by Crippen LogP contribution is 2.27. The fourth-order valence-corrected chi connectivity index (χ4v) is 3.09. The molecule has 0 saturated heterocycles. The van der Waals surface area contributed by atoms with Gasteiger partial charge in [-0.2, -0.15) is 0 Å². The van der Waals surface area contributed by atoms with E-state index in [0.717, 1.165) is 6.54 Å². The van der Waals surface area contributed by atoms with Crippen LogP contribution in [0.3, 0.4) is 0 Å². The average Bonchev–Trinajstić information content (AvgIpc) is 2.75. The Hall–Kier alpha value is -0.640. The van der Waals surface area contributed by atoms with Crippen molar-refractivity contribution in [3.63, 3.8) is 0 Å². The molecule has 0 saturated carbocycles. The number of halogens is 1. The molecule has 2 rings (SSSR count). The second-order valence-electron chi connectivity index (χ2n) is 4.23. The fourth-order valence-electron chi connectivity index (χ4n) is 1.64. The van der Waals surface area contributed by atoms with E-state index in [1.54, 1.807) is 11.3 Å². The fraction of sp³-hybridized carbons (Fsp3) is 0.286. The summed E-state index contributed by atoms with van der Waals surface area (Å²) in [5.41, 5.74) is 2.64. The third-order valence-electron chi connectivity index (χ3n) is 2.75. The Bertz CT molecular complexity index is 475. The molecule has 0 spiro atoms. The van der Waals surface area contributed by atoms with E-state index in [4.69, 9.17) is 0 Å². The van der Waals surface area contributed by atoms with E-state index in [1.807, 2.05) is 0 Å². The van der Waals surface area contributed by atoms with Crippen LogP contribution in [0.2, 0.25) is 0 Å². The van der Waals surface area contributed by atoms with Gasteiger partial charge in [0, 0.05) is 17.5 Å². The van der Waals surface area contributed by atoms with Crippen LogP contribution in [0, 0.1) is 6.92 Å². The Morgan fingerprint density at radius 2 is 1.88 bits per heavy atom. The van der Waals surface area contributed by atoms with E-state index in [0.29, 0.717) is 6.04 Å². The Kier molecular flexibility index (Phi) is 4.37. The molecule has 0 amide bonds. The molecule has 2 aromatic rings. The summed E-state index contributed by atoms with van der Waals surface area (Å²) in [6.45, 7) is 5.23. The number of nitrogens with one attached hydrogen (secondary N) is 1. The minimum Gasteiger partial charge on any atom is -0.305 e. The lowest BCUT2D eigenvalue weighted by atomic mass is 10.1. The summed E-state index contributed by atoms with van der Waals surface area (Å²) in [5, 5.41) is 3.54. The van der Waals surface area contributed by atoms with Crippen molar-refractivity contribution in [2.24, 2.45) is 0 Å². The monoisotopic (exact) mass is 309 g/mol. The summed E-state index contributed by atoms with van der Waals surface area (Å²) in [6, 6.07) is 13.3. The normalized spacial score (nSPS) is 12.6.